The monoisotopic (exact) mass is 243 g/mol. The molecule has 1 atom stereocenters. The highest BCUT2D eigenvalue weighted by molar-refractivity contribution is 7.98. The van der Waals surface area contributed by atoms with Gasteiger partial charge in [0.25, 0.3) is 0 Å². The van der Waals surface area contributed by atoms with Crippen LogP contribution in [0, 0.1) is 5.92 Å². The van der Waals surface area contributed by atoms with Crippen LogP contribution in [-0.4, -0.2) is 21.9 Å². The van der Waals surface area contributed by atoms with Crippen LogP contribution in [-0.2, 0) is 12.2 Å². The van der Waals surface area contributed by atoms with Crippen molar-refractivity contribution in [1.29, 1.82) is 0 Å². The Morgan fingerprint density at radius 2 is 2.12 bits per heavy atom. The standard InChI is InChI=1S/C11H21N3OS/c1-8(2)6-10-13-11(15-14-10)7-16-5-4-9(3)12/h8-9H,4-7,12H2,1-3H3. The number of aromatic nitrogens is 2. The van der Waals surface area contributed by atoms with E-state index >= 15 is 0 Å². The van der Waals surface area contributed by atoms with Gasteiger partial charge in [0.15, 0.2) is 5.82 Å². The molecule has 1 heterocycles. The van der Waals surface area contributed by atoms with E-state index < -0.39 is 0 Å². The average molecular weight is 243 g/mol. The smallest absolute Gasteiger partial charge is 0.236 e. The lowest BCUT2D eigenvalue weighted by Crippen LogP contribution is -2.15. The van der Waals surface area contributed by atoms with E-state index in [1.165, 1.54) is 0 Å². The van der Waals surface area contributed by atoms with Crippen molar-refractivity contribution in [3.05, 3.63) is 11.7 Å². The zero-order chi connectivity index (χ0) is 12.0. The maximum Gasteiger partial charge on any atom is 0.236 e. The summed E-state index contributed by atoms with van der Waals surface area (Å²) in [6.07, 6.45) is 1.91. The summed E-state index contributed by atoms with van der Waals surface area (Å²) in [5, 5.41) is 3.95. The third-order valence-electron chi connectivity index (χ3n) is 2.04. The van der Waals surface area contributed by atoms with Crippen molar-refractivity contribution in [2.24, 2.45) is 11.7 Å². The van der Waals surface area contributed by atoms with E-state index in [1.54, 1.807) is 11.8 Å². The summed E-state index contributed by atoms with van der Waals surface area (Å²) < 4.78 is 5.16. The Balaban J connectivity index is 2.24. The van der Waals surface area contributed by atoms with Crippen molar-refractivity contribution in [2.75, 3.05) is 5.75 Å². The molecular formula is C11H21N3OS. The molecule has 0 radical (unpaired) electrons. The lowest BCUT2D eigenvalue weighted by molar-refractivity contribution is 0.382. The summed E-state index contributed by atoms with van der Waals surface area (Å²) in [6, 6.07) is 0.270. The second-order valence-electron chi connectivity index (χ2n) is 4.52. The van der Waals surface area contributed by atoms with E-state index in [1.807, 2.05) is 6.92 Å². The van der Waals surface area contributed by atoms with Crippen molar-refractivity contribution >= 4 is 11.8 Å². The molecule has 0 saturated carbocycles. The van der Waals surface area contributed by atoms with Gasteiger partial charge in [0, 0.05) is 12.5 Å². The molecule has 1 rings (SSSR count). The van der Waals surface area contributed by atoms with Crippen LogP contribution in [0.3, 0.4) is 0 Å². The predicted molar refractivity (Wildman–Crippen MR) is 67.3 cm³/mol. The molecule has 0 aliphatic carbocycles. The molecule has 16 heavy (non-hydrogen) atoms. The molecule has 0 aromatic carbocycles. The first kappa shape index (κ1) is 13.5. The maximum absolute atomic E-state index is 5.67. The molecule has 1 unspecified atom stereocenters. The van der Waals surface area contributed by atoms with Gasteiger partial charge in [0.1, 0.15) is 0 Å². The Morgan fingerprint density at radius 1 is 1.38 bits per heavy atom. The summed E-state index contributed by atoms with van der Waals surface area (Å²) in [5.74, 6) is 3.94. The Hall–Kier alpha value is -0.550. The minimum Gasteiger partial charge on any atom is -0.338 e. The fraction of sp³-hybridized carbons (Fsp3) is 0.818. The molecule has 5 heteroatoms. The van der Waals surface area contributed by atoms with Crippen molar-refractivity contribution in [3.63, 3.8) is 0 Å². The van der Waals surface area contributed by atoms with Gasteiger partial charge in [0.05, 0.1) is 5.75 Å². The maximum atomic E-state index is 5.67. The summed E-state index contributed by atoms with van der Waals surface area (Å²) in [4.78, 5) is 4.34. The van der Waals surface area contributed by atoms with Crippen molar-refractivity contribution in [2.45, 2.75) is 45.4 Å². The van der Waals surface area contributed by atoms with Gasteiger partial charge in [-0.15, -0.1) is 0 Å². The molecule has 1 aromatic heterocycles. The summed E-state index contributed by atoms with van der Waals surface area (Å²) >= 11 is 1.79. The third-order valence-corrected chi connectivity index (χ3v) is 3.02. The minimum absolute atomic E-state index is 0.270. The molecule has 0 fully saturated rings. The highest BCUT2D eigenvalue weighted by Crippen LogP contribution is 2.13. The Bertz CT molecular complexity index is 299. The van der Waals surface area contributed by atoms with E-state index in [0.717, 1.165) is 36.1 Å². The molecule has 0 aliphatic heterocycles. The Kier molecular flexibility index (Phi) is 5.84. The van der Waals surface area contributed by atoms with Crippen LogP contribution >= 0.6 is 11.8 Å². The van der Waals surface area contributed by atoms with E-state index in [4.69, 9.17) is 10.3 Å². The molecular weight excluding hydrogens is 222 g/mol. The molecule has 0 amide bonds. The molecule has 0 saturated heterocycles. The summed E-state index contributed by atoms with van der Waals surface area (Å²) in [5.41, 5.74) is 5.67. The molecule has 2 N–H and O–H groups in total. The first-order chi connectivity index (χ1) is 7.58. The number of hydrogen-bond acceptors (Lipinski definition) is 5. The lowest BCUT2D eigenvalue weighted by Gasteiger charge is -2.02. The molecule has 0 spiro atoms. The van der Waals surface area contributed by atoms with Gasteiger partial charge in [-0.05, 0) is 25.0 Å². The molecule has 0 bridgehead atoms. The van der Waals surface area contributed by atoms with Crippen molar-refractivity contribution in [1.82, 2.24) is 10.1 Å². The number of nitrogens with zero attached hydrogens (tertiary/aromatic N) is 2. The quantitative estimate of drug-likeness (QED) is 0.744. The molecule has 0 aliphatic rings. The van der Waals surface area contributed by atoms with Gasteiger partial charge < -0.3 is 10.3 Å². The highest BCUT2D eigenvalue weighted by Gasteiger charge is 2.07. The average Bonchev–Trinajstić information content (AvgIpc) is 2.59. The van der Waals surface area contributed by atoms with Gasteiger partial charge in [-0.2, -0.15) is 16.7 Å². The second kappa shape index (κ2) is 6.91. The number of thioether (sulfide) groups is 1. The normalized spacial score (nSPS) is 13.3. The van der Waals surface area contributed by atoms with Gasteiger partial charge in [-0.3, -0.25) is 0 Å². The molecule has 4 nitrogen and oxygen atoms in total. The topological polar surface area (TPSA) is 64.9 Å². The van der Waals surface area contributed by atoms with Gasteiger partial charge in [-0.1, -0.05) is 19.0 Å². The van der Waals surface area contributed by atoms with E-state index in [2.05, 4.69) is 24.0 Å². The van der Waals surface area contributed by atoms with E-state index in [9.17, 15) is 0 Å². The van der Waals surface area contributed by atoms with Crippen LogP contribution in [0.2, 0.25) is 0 Å². The predicted octanol–water partition coefficient (Wildman–Crippen LogP) is 2.24. The number of rotatable bonds is 7. The highest BCUT2D eigenvalue weighted by atomic mass is 32.2. The first-order valence-electron chi connectivity index (χ1n) is 5.72. The van der Waals surface area contributed by atoms with Crippen LogP contribution in [0.1, 0.15) is 38.9 Å². The second-order valence-corrected chi connectivity index (χ2v) is 5.63. The molecule has 1 aromatic rings. The third kappa shape index (κ3) is 5.51. The lowest BCUT2D eigenvalue weighted by atomic mass is 10.1. The largest absolute Gasteiger partial charge is 0.338 e. The zero-order valence-corrected chi connectivity index (χ0v) is 11.1. The van der Waals surface area contributed by atoms with E-state index in [0.29, 0.717) is 5.92 Å². The van der Waals surface area contributed by atoms with Gasteiger partial charge in [0.2, 0.25) is 5.89 Å². The minimum atomic E-state index is 0.270. The Morgan fingerprint density at radius 3 is 2.75 bits per heavy atom. The van der Waals surface area contributed by atoms with Gasteiger partial charge in [-0.25, -0.2) is 0 Å². The van der Waals surface area contributed by atoms with Crippen LogP contribution in [0.4, 0.5) is 0 Å². The van der Waals surface area contributed by atoms with Crippen LogP contribution in [0.25, 0.3) is 0 Å². The number of nitrogens with two attached hydrogens (primary N) is 1. The zero-order valence-electron chi connectivity index (χ0n) is 10.3. The Labute approximate surface area is 101 Å². The fourth-order valence-electron chi connectivity index (χ4n) is 1.23. The van der Waals surface area contributed by atoms with Crippen LogP contribution in [0.5, 0.6) is 0 Å². The van der Waals surface area contributed by atoms with Crippen molar-refractivity contribution < 1.29 is 4.52 Å². The van der Waals surface area contributed by atoms with Crippen molar-refractivity contribution in [3.8, 4) is 0 Å². The van der Waals surface area contributed by atoms with Crippen LogP contribution in [0.15, 0.2) is 4.52 Å². The molecule has 92 valence electrons. The number of hydrogen-bond donors (Lipinski definition) is 1. The fourth-order valence-corrected chi connectivity index (χ4v) is 2.20. The SMILES string of the molecule is CC(C)Cc1noc(CSCCC(C)N)n1. The van der Waals surface area contributed by atoms with E-state index in [-0.39, 0.29) is 6.04 Å². The summed E-state index contributed by atoms with van der Waals surface area (Å²) in [6.45, 7) is 6.31. The summed E-state index contributed by atoms with van der Waals surface area (Å²) in [7, 11) is 0. The van der Waals surface area contributed by atoms with Gasteiger partial charge >= 0.3 is 0 Å². The first-order valence-corrected chi connectivity index (χ1v) is 6.88. The van der Waals surface area contributed by atoms with Crippen LogP contribution < -0.4 is 5.73 Å².